The lowest BCUT2D eigenvalue weighted by atomic mass is 9.98. The van der Waals surface area contributed by atoms with Crippen LogP contribution in [-0.2, 0) is 6.54 Å². The molecule has 5 heteroatoms. The average Bonchev–Trinajstić information content (AvgIpc) is 3.17. The van der Waals surface area contributed by atoms with Crippen LogP contribution in [0.4, 0.5) is 5.69 Å². The van der Waals surface area contributed by atoms with Crippen LogP contribution < -0.4 is 10.6 Å². The van der Waals surface area contributed by atoms with Crippen molar-refractivity contribution in [3.05, 3.63) is 41.5 Å². The van der Waals surface area contributed by atoms with Gasteiger partial charge in [0.25, 0.3) is 0 Å². The molecule has 0 spiro atoms. The molecule has 2 aliphatic rings. The number of rotatable bonds is 5. The predicted molar refractivity (Wildman–Crippen MR) is 80.2 cm³/mol. The monoisotopic (exact) mass is 284 g/mol. The van der Waals surface area contributed by atoms with E-state index >= 15 is 0 Å². The smallest absolute Gasteiger partial charge is 0.229 e. The minimum atomic E-state index is 0.515. The number of anilines is 1. The molecule has 0 radical (unpaired) electrons. The summed E-state index contributed by atoms with van der Waals surface area (Å²) in [5, 5.41) is 4.13. The Hall–Kier alpha value is -1.88. The quantitative estimate of drug-likeness (QED) is 0.913. The van der Waals surface area contributed by atoms with Crippen molar-refractivity contribution in [1.29, 1.82) is 0 Å². The fraction of sp³-hybridized carbons (Fsp3) is 0.500. The van der Waals surface area contributed by atoms with Crippen LogP contribution in [0.25, 0.3) is 0 Å². The third-order valence-electron chi connectivity index (χ3n) is 4.42. The maximum absolute atomic E-state index is 5.75. The van der Waals surface area contributed by atoms with Gasteiger partial charge in [-0.3, -0.25) is 0 Å². The number of fused-ring (bicyclic) bond motifs is 1. The third kappa shape index (κ3) is 2.42. The summed E-state index contributed by atoms with van der Waals surface area (Å²) in [6.07, 6.45) is 3.40. The van der Waals surface area contributed by atoms with Crippen molar-refractivity contribution in [2.24, 2.45) is 5.73 Å². The number of aromatic nitrogens is 2. The number of hydrogen-bond acceptors (Lipinski definition) is 5. The van der Waals surface area contributed by atoms with Crippen LogP contribution in [0.1, 0.15) is 48.4 Å². The van der Waals surface area contributed by atoms with Gasteiger partial charge in [0, 0.05) is 24.1 Å². The Kier molecular flexibility index (Phi) is 3.15. The first-order valence-corrected chi connectivity index (χ1v) is 7.71. The Morgan fingerprint density at radius 3 is 2.95 bits per heavy atom. The van der Waals surface area contributed by atoms with Gasteiger partial charge in [0.2, 0.25) is 5.89 Å². The summed E-state index contributed by atoms with van der Waals surface area (Å²) < 4.78 is 5.35. The molecular weight excluding hydrogens is 264 g/mol. The van der Waals surface area contributed by atoms with Gasteiger partial charge >= 0.3 is 0 Å². The highest BCUT2D eigenvalue weighted by molar-refractivity contribution is 5.60. The van der Waals surface area contributed by atoms with E-state index in [0.717, 1.165) is 31.2 Å². The summed E-state index contributed by atoms with van der Waals surface area (Å²) in [5.74, 6) is 2.64. The molecule has 4 rings (SSSR count). The zero-order valence-electron chi connectivity index (χ0n) is 12.0. The van der Waals surface area contributed by atoms with Gasteiger partial charge in [0.05, 0.1) is 6.54 Å². The molecule has 1 aliphatic heterocycles. The molecule has 2 N–H and O–H groups in total. The van der Waals surface area contributed by atoms with E-state index in [1.54, 1.807) is 0 Å². The fourth-order valence-electron chi connectivity index (χ4n) is 3.18. The summed E-state index contributed by atoms with van der Waals surface area (Å²) in [4.78, 5) is 6.88. The third-order valence-corrected chi connectivity index (χ3v) is 4.42. The maximum Gasteiger partial charge on any atom is 0.229 e. The molecule has 2 heterocycles. The number of hydrogen-bond donors (Lipinski definition) is 1. The molecule has 5 nitrogen and oxygen atoms in total. The molecule has 110 valence electrons. The highest BCUT2D eigenvalue weighted by atomic mass is 16.5. The first-order chi connectivity index (χ1) is 10.3. The molecule has 1 saturated carbocycles. The Morgan fingerprint density at radius 2 is 2.14 bits per heavy atom. The highest BCUT2D eigenvalue weighted by Gasteiger charge is 2.31. The van der Waals surface area contributed by atoms with E-state index in [2.05, 4.69) is 39.3 Å². The van der Waals surface area contributed by atoms with Gasteiger partial charge in [-0.2, -0.15) is 4.98 Å². The van der Waals surface area contributed by atoms with Crippen molar-refractivity contribution in [1.82, 2.24) is 10.1 Å². The van der Waals surface area contributed by atoms with E-state index in [0.29, 0.717) is 18.4 Å². The van der Waals surface area contributed by atoms with Crippen LogP contribution in [0.3, 0.4) is 0 Å². The normalized spacial score (nSPS) is 20.8. The number of nitrogens with two attached hydrogens (primary N) is 1. The highest BCUT2D eigenvalue weighted by Crippen LogP contribution is 2.40. The maximum atomic E-state index is 5.75. The predicted octanol–water partition coefficient (Wildman–Crippen LogP) is 2.40. The van der Waals surface area contributed by atoms with Gasteiger partial charge in [-0.05, 0) is 37.4 Å². The van der Waals surface area contributed by atoms with Crippen LogP contribution in [0.5, 0.6) is 0 Å². The van der Waals surface area contributed by atoms with Crippen LogP contribution >= 0.6 is 0 Å². The summed E-state index contributed by atoms with van der Waals surface area (Å²) in [6.45, 7) is 2.43. The van der Waals surface area contributed by atoms with Crippen LogP contribution in [0, 0.1) is 0 Å². The van der Waals surface area contributed by atoms with E-state index in [9.17, 15) is 0 Å². The van der Waals surface area contributed by atoms with E-state index < -0.39 is 0 Å². The second-order valence-electron chi connectivity index (χ2n) is 6.04. The van der Waals surface area contributed by atoms with Crippen molar-refractivity contribution in [3.8, 4) is 0 Å². The number of benzene rings is 1. The topological polar surface area (TPSA) is 68.2 Å². The molecule has 1 aliphatic carbocycles. The molecule has 0 saturated heterocycles. The molecule has 1 fully saturated rings. The lowest BCUT2D eigenvalue weighted by Crippen LogP contribution is -2.22. The van der Waals surface area contributed by atoms with Crippen LogP contribution in [-0.4, -0.2) is 23.2 Å². The summed E-state index contributed by atoms with van der Waals surface area (Å²) in [6, 6.07) is 8.57. The zero-order valence-corrected chi connectivity index (χ0v) is 12.0. The average molecular weight is 284 g/mol. The van der Waals surface area contributed by atoms with E-state index in [1.165, 1.54) is 24.1 Å². The largest absolute Gasteiger partial charge is 0.363 e. The molecule has 21 heavy (non-hydrogen) atoms. The van der Waals surface area contributed by atoms with Crippen LogP contribution in [0.2, 0.25) is 0 Å². The van der Waals surface area contributed by atoms with Gasteiger partial charge in [-0.1, -0.05) is 23.4 Å². The second kappa shape index (κ2) is 5.15. The second-order valence-corrected chi connectivity index (χ2v) is 6.04. The van der Waals surface area contributed by atoms with Crippen molar-refractivity contribution >= 4 is 5.69 Å². The van der Waals surface area contributed by atoms with Crippen molar-refractivity contribution < 1.29 is 4.52 Å². The van der Waals surface area contributed by atoms with Gasteiger partial charge in [0.15, 0.2) is 5.82 Å². The van der Waals surface area contributed by atoms with E-state index in [4.69, 9.17) is 10.3 Å². The first-order valence-electron chi connectivity index (χ1n) is 7.71. The first kappa shape index (κ1) is 12.8. The lowest BCUT2D eigenvalue weighted by Gasteiger charge is -2.17. The Bertz CT molecular complexity index is 635. The van der Waals surface area contributed by atoms with Crippen molar-refractivity contribution in [3.63, 3.8) is 0 Å². The zero-order chi connectivity index (χ0) is 14.2. The lowest BCUT2D eigenvalue weighted by molar-refractivity contribution is 0.373. The molecular formula is C16H20N4O. The van der Waals surface area contributed by atoms with Gasteiger partial charge in [-0.15, -0.1) is 0 Å². The Balaban J connectivity index is 1.54. The number of nitrogens with zero attached hydrogens (tertiary/aromatic N) is 3. The Labute approximate surface area is 124 Å². The van der Waals surface area contributed by atoms with Gasteiger partial charge < -0.3 is 15.2 Å². The summed E-state index contributed by atoms with van der Waals surface area (Å²) >= 11 is 0. The Morgan fingerprint density at radius 1 is 1.29 bits per heavy atom. The van der Waals surface area contributed by atoms with Gasteiger partial charge in [-0.25, -0.2) is 0 Å². The van der Waals surface area contributed by atoms with Crippen molar-refractivity contribution in [2.75, 3.05) is 18.0 Å². The molecule has 0 amide bonds. The van der Waals surface area contributed by atoms with Gasteiger partial charge in [0.1, 0.15) is 0 Å². The SMILES string of the molecule is NCCC1CN(Cc2noc(C3CC3)n2)c2ccccc21. The van der Waals surface area contributed by atoms with Crippen molar-refractivity contribution in [2.45, 2.75) is 37.6 Å². The molecule has 0 bridgehead atoms. The molecule has 2 aromatic rings. The molecule has 1 unspecified atom stereocenters. The number of para-hydroxylation sites is 1. The molecule has 1 aromatic heterocycles. The minimum Gasteiger partial charge on any atom is -0.363 e. The summed E-state index contributed by atoms with van der Waals surface area (Å²) in [7, 11) is 0. The van der Waals surface area contributed by atoms with E-state index in [-0.39, 0.29) is 0 Å². The molecule has 1 atom stereocenters. The minimum absolute atomic E-state index is 0.515. The fourth-order valence-corrected chi connectivity index (χ4v) is 3.18. The van der Waals surface area contributed by atoms with Crippen LogP contribution in [0.15, 0.2) is 28.8 Å². The standard InChI is InChI=1S/C16H20N4O/c17-8-7-12-9-20(14-4-2-1-3-13(12)14)10-15-18-16(21-19-15)11-5-6-11/h1-4,11-12H,5-10,17H2. The summed E-state index contributed by atoms with van der Waals surface area (Å²) in [5.41, 5.74) is 8.43. The molecule has 1 aromatic carbocycles. The van der Waals surface area contributed by atoms with E-state index in [1.807, 2.05) is 0 Å².